The van der Waals surface area contributed by atoms with Gasteiger partial charge in [0.1, 0.15) is 0 Å². The van der Waals surface area contributed by atoms with Gasteiger partial charge in [-0.1, -0.05) is 51.4 Å². The summed E-state index contributed by atoms with van der Waals surface area (Å²) >= 11 is 0. The van der Waals surface area contributed by atoms with Gasteiger partial charge in [0, 0.05) is 0 Å². The van der Waals surface area contributed by atoms with E-state index in [9.17, 15) is 0 Å². The quantitative estimate of drug-likeness (QED) is 0.351. The van der Waals surface area contributed by atoms with E-state index in [4.69, 9.17) is 0 Å². The average Bonchev–Trinajstić information content (AvgIpc) is 2.42. The van der Waals surface area contributed by atoms with E-state index in [0.717, 1.165) is 17.8 Å². The van der Waals surface area contributed by atoms with Crippen LogP contribution in [-0.4, -0.2) is 0 Å². The van der Waals surface area contributed by atoms with E-state index in [1.807, 2.05) is 0 Å². The molecule has 0 aromatic rings. The van der Waals surface area contributed by atoms with E-state index in [2.05, 4.69) is 27.2 Å². The van der Waals surface area contributed by atoms with Crippen LogP contribution in [0.25, 0.3) is 0 Å². The van der Waals surface area contributed by atoms with Crippen LogP contribution in [0, 0.1) is 29.6 Å². The van der Waals surface area contributed by atoms with Gasteiger partial charge in [0.05, 0.1) is 0 Å². The number of hydrogen-bond acceptors (Lipinski definition) is 0. The maximum Gasteiger partial charge on any atom is 1.00 e. The predicted molar refractivity (Wildman–Crippen MR) is 48.1 cm³/mol. The molecule has 0 radical (unpaired) electrons. The van der Waals surface area contributed by atoms with Crippen molar-refractivity contribution in [3.63, 3.8) is 0 Å². The molecule has 2 bridgehead atoms. The smallest absolute Gasteiger partial charge is 0.322 e. The maximum absolute atomic E-state index is 2.63. The van der Waals surface area contributed by atoms with Gasteiger partial charge in [0.15, 0.2) is 0 Å². The van der Waals surface area contributed by atoms with Crippen molar-refractivity contribution in [3.05, 3.63) is 6.42 Å². The predicted octanol–water partition coefficient (Wildman–Crippen LogP) is 0.287. The second kappa shape index (κ2) is 3.39. The zero-order valence-corrected chi connectivity index (χ0v) is 8.93. The second-order valence-electron chi connectivity index (χ2n) is 5.42. The summed E-state index contributed by atoms with van der Waals surface area (Å²) in [5.41, 5.74) is 0.528. The summed E-state index contributed by atoms with van der Waals surface area (Å²) in [6, 6.07) is 0. The Bertz CT molecular complexity index is 157. The summed E-state index contributed by atoms with van der Waals surface area (Å²) in [4.78, 5) is 0. The Kier molecular flexibility index (Phi) is 3.02. The average molecular weight is 158 g/mol. The summed E-state index contributed by atoms with van der Waals surface area (Å²) in [5.74, 6) is 2.95. The van der Waals surface area contributed by atoms with Crippen molar-refractivity contribution in [2.24, 2.45) is 23.2 Å². The summed E-state index contributed by atoms with van der Waals surface area (Å²) in [7, 11) is 0. The van der Waals surface area contributed by atoms with Gasteiger partial charge in [-0.3, -0.25) is 0 Å². The van der Waals surface area contributed by atoms with E-state index >= 15 is 0 Å². The molecule has 0 nitrogen and oxygen atoms in total. The van der Waals surface area contributed by atoms with E-state index < -0.39 is 0 Å². The van der Waals surface area contributed by atoms with Crippen LogP contribution in [0.5, 0.6) is 0 Å². The molecule has 2 fully saturated rings. The first-order chi connectivity index (χ1) is 5.07. The van der Waals surface area contributed by atoms with Gasteiger partial charge in [-0.25, -0.2) is 0 Å². The fourth-order valence-electron chi connectivity index (χ4n) is 3.00. The normalized spacial score (nSPS) is 39.8. The number of rotatable bonds is 0. The third-order valence-electron chi connectivity index (χ3n) is 3.50. The fraction of sp³-hybridized carbons (Fsp3) is 0.909. The summed E-state index contributed by atoms with van der Waals surface area (Å²) in [6.07, 6.45) is 7.12. The summed E-state index contributed by atoms with van der Waals surface area (Å²) < 4.78 is 0. The molecule has 0 spiro atoms. The molecule has 0 unspecified atom stereocenters. The van der Waals surface area contributed by atoms with Crippen molar-refractivity contribution in [1.29, 1.82) is 0 Å². The number of fused-ring (bicyclic) bond motifs is 2. The van der Waals surface area contributed by atoms with E-state index in [1.54, 1.807) is 0 Å². The van der Waals surface area contributed by atoms with Crippen LogP contribution in [0.15, 0.2) is 0 Å². The minimum absolute atomic E-state index is 0. The molecular formula is C11H19Li. The molecule has 0 amide bonds. The maximum atomic E-state index is 2.63. The summed E-state index contributed by atoms with van der Waals surface area (Å²) in [6.45, 7) is 7.15. The second-order valence-corrected chi connectivity index (χ2v) is 5.42. The molecular weight excluding hydrogens is 139 g/mol. The Morgan fingerprint density at radius 1 is 1.17 bits per heavy atom. The molecule has 0 aromatic heterocycles. The van der Waals surface area contributed by atoms with Crippen LogP contribution < -0.4 is 18.9 Å². The third-order valence-corrected chi connectivity index (χ3v) is 3.50. The third kappa shape index (κ3) is 1.75. The first-order valence-electron chi connectivity index (χ1n) is 4.92. The van der Waals surface area contributed by atoms with Crippen LogP contribution in [0.4, 0.5) is 0 Å². The van der Waals surface area contributed by atoms with Gasteiger partial charge < -0.3 is 6.42 Å². The molecule has 1 heteroatoms. The molecule has 2 aliphatic rings. The van der Waals surface area contributed by atoms with Crippen LogP contribution in [0.1, 0.15) is 40.0 Å². The molecule has 0 N–H and O–H groups in total. The molecule has 0 aromatic carbocycles. The molecule has 2 aliphatic carbocycles. The standard InChI is InChI=1S/C11H19.Li/c1-11(2,3)10-7-8-4-5-9(10)6-8;/h7-10H,4-6H2,1-3H3;/q-1;+1/t8-,9+,10+;/m1./s1. The Morgan fingerprint density at radius 3 is 2.08 bits per heavy atom. The van der Waals surface area contributed by atoms with Gasteiger partial charge in [-0.15, -0.1) is 0 Å². The Labute approximate surface area is 88.7 Å². The molecule has 0 heterocycles. The Hall–Kier alpha value is 0.597. The van der Waals surface area contributed by atoms with Crippen molar-refractivity contribution >= 4 is 0 Å². The topological polar surface area (TPSA) is 0 Å². The van der Waals surface area contributed by atoms with Crippen LogP contribution in [-0.2, 0) is 0 Å². The minimum Gasteiger partial charge on any atom is -0.322 e. The van der Waals surface area contributed by atoms with Gasteiger partial charge in [-0.05, 0) is 0 Å². The zero-order chi connectivity index (χ0) is 8.06. The van der Waals surface area contributed by atoms with Gasteiger partial charge in [0.25, 0.3) is 0 Å². The van der Waals surface area contributed by atoms with E-state index in [0.29, 0.717) is 5.41 Å². The van der Waals surface area contributed by atoms with Crippen molar-refractivity contribution in [3.8, 4) is 0 Å². The van der Waals surface area contributed by atoms with Crippen molar-refractivity contribution in [2.75, 3.05) is 0 Å². The molecule has 0 saturated heterocycles. The van der Waals surface area contributed by atoms with Gasteiger partial charge in [-0.2, -0.15) is 11.8 Å². The summed E-state index contributed by atoms with van der Waals surface area (Å²) in [5, 5.41) is 0. The molecule has 12 heavy (non-hydrogen) atoms. The molecule has 2 rings (SSSR count). The van der Waals surface area contributed by atoms with Crippen LogP contribution in [0.2, 0.25) is 0 Å². The SMILES string of the molecule is CC(C)(C)[C@H]1[CH-][C@@H]2CC[C@H]1C2.[Li+]. The van der Waals surface area contributed by atoms with Gasteiger partial charge >= 0.3 is 18.9 Å². The van der Waals surface area contributed by atoms with Crippen molar-refractivity contribution in [1.82, 2.24) is 0 Å². The van der Waals surface area contributed by atoms with Crippen molar-refractivity contribution in [2.45, 2.75) is 40.0 Å². The number of hydrogen-bond donors (Lipinski definition) is 0. The van der Waals surface area contributed by atoms with Crippen molar-refractivity contribution < 1.29 is 18.9 Å². The largest absolute Gasteiger partial charge is 1.00 e. The zero-order valence-electron chi connectivity index (χ0n) is 8.93. The molecule has 0 aliphatic heterocycles. The monoisotopic (exact) mass is 158 g/mol. The fourth-order valence-corrected chi connectivity index (χ4v) is 3.00. The van der Waals surface area contributed by atoms with E-state index in [-0.39, 0.29) is 18.9 Å². The van der Waals surface area contributed by atoms with Crippen LogP contribution in [0.3, 0.4) is 0 Å². The first-order valence-corrected chi connectivity index (χ1v) is 4.92. The molecule has 64 valence electrons. The first kappa shape index (κ1) is 10.7. The van der Waals surface area contributed by atoms with Crippen LogP contribution >= 0.6 is 0 Å². The molecule has 2 saturated carbocycles. The van der Waals surface area contributed by atoms with E-state index in [1.165, 1.54) is 19.3 Å². The minimum atomic E-state index is 0. The molecule has 3 atom stereocenters. The Balaban J connectivity index is 0.000000720. The van der Waals surface area contributed by atoms with Gasteiger partial charge in [0.2, 0.25) is 0 Å². The Morgan fingerprint density at radius 2 is 1.83 bits per heavy atom.